The van der Waals surface area contributed by atoms with Crippen molar-refractivity contribution in [3.05, 3.63) is 75.7 Å². The van der Waals surface area contributed by atoms with E-state index in [1.165, 1.54) is 0 Å². The number of aryl methyl sites for hydroxylation is 1. The lowest BCUT2D eigenvalue weighted by Gasteiger charge is -2.26. The third kappa shape index (κ3) is 5.65. The number of carbonyl (C=O) groups excluding carboxylic acids is 2. The molecule has 1 aliphatic heterocycles. The number of para-hydroxylation sites is 1. The fraction of sp³-hybridized carbons (Fsp3) is 0.261. The van der Waals surface area contributed by atoms with E-state index in [0.717, 1.165) is 32.7 Å². The van der Waals surface area contributed by atoms with Gasteiger partial charge >= 0.3 is 5.97 Å². The molecule has 31 heavy (non-hydrogen) atoms. The Balaban J connectivity index is 1.25. The maximum atomic E-state index is 12.3. The van der Waals surface area contributed by atoms with E-state index in [4.69, 9.17) is 9.47 Å². The van der Waals surface area contributed by atoms with E-state index < -0.39 is 5.97 Å². The van der Waals surface area contributed by atoms with Crippen molar-refractivity contribution in [3.8, 4) is 5.75 Å². The van der Waals surface area contributed by atoms with Gasteiger partial charge in [0.15, 0.2) is 6.61 Å². The second-order valence-corrected chi connectivity index (χ2v) is 9.15. The second kappa shape index (κ2) is 9.98. The van der Waals surface area contributed by atoms with Gasteiger partial charge in [-0.05, 0) is 37.3 Å². The minimum absolute atomic E-state index is 0.144. The smallest absolute Gasteiger partial charge is 0.338 e. The Bertz CT molecular complexity index is 1070. The molecule has 1 amide bonds. The zero-order valence-electron chi connectivity index (χ0n) is 17.0. The number of fused-ring (bicyclic) bond motifs is 1. The normalized spacial score (nSPS) is 14.9. The lowest BCUT2D eigenvalue weighted by atomic mass is 10.0. The first kappa shape index (κ1) is 21.4. The molecule has 0 fully saturated rings. The number of aromatic nitrogens is 1. The maximum absolute atomic E-state index is 12.3. The molecule has 2 aromatic carbocycles. The predicted molar refractivity (Wildman–Crippen MR) is 121 cm³/mol. The second-order valence-electron chi connectivity index (χ2n) is 7.04. The Morgan fingerprint density at radius 3 is 2.81 bits per heavy atom. The van der Waals surface area contributed by atoms with Crippen molar-refractivity contribution < 1.29 is 19.1 Å². The van der Waals surface area contributed by atoms with Crippen LogP contribution < -0.4 is 10.1 Å². The van der Waals surface area contributed by atoms with Gasteiger partial charge in [-0.2, -0.15) is 0 Å². The van der Waals surface area contributed by atoms with Gasteiger partial charge in [-0.3, -0.25) is 4.79 Å². The number of thiazole rings is 1. The number of benzene rings is 2. The summed E-state index contributed by atoms with van der Waals surface area (Å²) >= 11 is 3.29. The minimum Gasteiger partial charge on any atom is -0.493 e. The van der Waals surface area contributed by atoms with E-state index in [0.29, 0.717) is 18.6 Å². The average Bonchev–Trinajstić information content (AvgIpc) is 3.22. The summed E-state index contributed by atoms with van der Waals surface area (Å²) in [5.41, 5.74) is 2.40. The number of rotatable bonds is 7. The molecule has 4 rings (SSSR count). The van der Waals surface area contributed by atoms with E-state index in [2.05, 4.69) is 15.7 Å². The summed E-state index contributed by atoms with van der Waals surface area (Å²) in [6.07, 6.45) is 0.677. The van der Waals surface area contributed by atoms with Crippen molar-refractivity contribution >= 4 is 35.0 Å². The molecule has 0 radical (unpaired) electrons. The molecule has 1 N–H and O–H groups in total. The average molecular weight is 455 g/mol. The first-order valence-electron chi connectivity index (χ1n) is 9.90. The van der Waals surface area contributed by atoms with Gasteiger partial charge < -0.3 is 14.8 Å². The molecule has 1 aliphatic rings. The first-order valence-corrected chi connectivity index (χ1v) is 11.8. The molecule has 0 saturated heterocycles. The van der Waals surface area contributed by atoms with E-state index in [1.54, 1.807) is 35.2 Å². The summed E-state index contributed by atoms with van der Waals surface area (Å²) in [4.78, 5) is 30.1. The molecular weight excluding hydrogens is 432 g/mol. The lowest BCUT2D eigenvalue weighted by molar-refractivity contribution is -0.125. The monoisotopic (exact) mass is 454 g/mol. The summed E-state index contributed by atoms with van der Waals surface area (Å²) in [6, 6.07) is 14.6. The van der Waals surface area contributed by atoms with Crippen LogP contribution in [0.25, 0.3) is 0 Å². The Hall–Kier alpha value is -2.84. The van der Waals surface area contributed by atoms with Gasteiger partial charge in [-0.25, -0.2) is 9.78 Å². The largest absolute Gasteiger partial charge is 0.493 e. The quantitative estimate of drug-likeness (QED) is 0.417. The highest BCUT2D eigenvalue weighted by Gasteiger charge is 2.23. The van der Waals surface area contributed by atoms with E-state index >= 15 is 0 Å². The summed E-state index contributed by atoms with van der Waals surface area (Å²) in [7, 11) is 0. The highest BCUT2D eigenvalue weighted by molar-refractivity contribution is 7.98. The molecule has 2 heterocycles. The highest BCUT2D eigenvalue weighted by Crippen LogP contribution is 2.31. The van der Waals surface area contributed by atoms with E-state index in [-0.39, 0.29) is 18.6 Å². The highest BCUT2D eigenvalue weighted by atomic mass is 32.2. The number of amides is 1. The number of ether oxygens (including phenoxy) is 2. The van der Waals surface area contributed by atoms with Gasteiger partial charge in [-0.15, -0.1) is 23.1 Å². The number of hydrogen-bond donors (Lipinski definition) is 1. The topological polar surface area (TPSA) is 77.5 Å². The van der Waals surface area contributed by atoms with Crippen molar-refractivity contribution in [1.82, 2.24) is 10.3 Å². The van der Waals surface area contributed by atoms with Gasteiger partial charge in [-0.1, -0.05) is 18.2 Å². The molecule has 1 atom stereocenters. The molecule has 1 aromatic heterocycles. The first-order chi connectivity index (χ1) is 15.1. The number of thioether (sulfide) groups is 1. The molecular formula is C23H22N2O4S2. The van der Waals surface area contributed by atoms with Crippen LogP contribution in [0.3, 0.4) is 0 Å². The predicted octanol–water partition coefficient (Wildman–Crippen LogP) is 4.54. The van der Waals surface area contributed by atoms with E-state index in [9.17, 15) is 9.59 Å². The standard InChI is InChI=1S/C23H22N2O4S2/c1-15-24-17(13-30-15)14-31-18-8-6-16(7-9-18)23(27)29-12-22(26)25-20-10-11-28-21-5-3-2-4-19(20)21/h2-9,13,20H,10-12,14H2,1H3,(H,25,26). The molecule has 1 unspecified atom stereocenters. The Labute approximate surface area is 189 Å². The fourth-order valence-corrected chi connectivity index (χ4v) is 4.77. The van der Waals surface area contributed by atoms with Crippen molar-refractivity contribution in [2.45, 2.75) is 30.0 Å². The van der Waals surface area contributed by atoms with Gasteiger partial charge in [0.2, 0.25) is 0 Å². The summed E-state index contributed by atoms with van der Waals surface area (Å²) in [5.74, 6) is 0.706. The Morgan fingerprint density at radius 2 is 2.03 bits per heavy atom. The van der Waals surface area contributed by atoms with Crippen LogP contribution in [0.5, 0.6) is 5.75 Å². The summed E-state index contributed by atoms with van der Waals surface area (Å²) in [5, 5.41) is 6.03. The van der Waals surface area contributed by atoms with Crippen molar-refractivity contribution in [3.63, 3.8) is 0 Å². The van der Waals surface area contributed by atoms with Crippen LogP contribution in [-0.4, -0.2) is 30.1 Å². The number of esters is 1. The molecule has 160 valence electrons. The molecule has 0 spiro atoms. The van der Waals surface area contributed by atoms with E-state index in [1.807, 2.05) is 43.3 Å². The van der Waals surface area contributed by atoms with Crippen LogP contribution in [0, 0.1) is 6.92 Å². The van der Waals surface area contributed by atoms with Crippen molar-refractivity contribution in [2.75, 3.05) is 13.2 Å². The third-order valence-electron chi connectivity index (χ3n) is 4.77. The van der Waals surface area contributed by atoms with Crippen molar-refractivity contribution in [1.29, 1.82) is 0 Å². The number of nitrogens with zero attached hydrogens (tertiary/aromatic N) is 1. The van der Waals surface area contributed by atoms with Crippen LogP contribution >= 0.6 is 23.1 Å². The molecule has 0 aliphatic carbocycles. The SMILES string of the molecule is Cc1nc(CSc2ccc(C(=O)OCC(=O)NC3CCOc4ccccc43)cc2)cs1. The van der Waals surface area contributed by atoms with Crippen LogP contribution in [0.1, 0.15) is 39.1 Å². The number of hydrogen-bond acceptors (Lipinski definition) is 7. The summed E-state index contributed by atoms with van der Waals surface area (Å²) in [6.45, 7) is 2.20. The maximum Gasteiger partial charge on any atom is 0.338 e. The third-order valence-corrected chi connectivity index (χ3v) is 6.64. The molecule has 0 bridgehead atoms. The van der Waals surface area contributed by atoms with Gasteiger partial charge in [0.05, 0.1) is 28.9 Å². The van der Waals surface area contributed by atoms with Crippen LogP contribution in [0.15, 0.2) is 58.8 Å². The number of carbonyl (C=O) groups is 2. The molecule has 6 nitrogen and oxygen atoms in total. The Morgan fingerprint density at radius 1 is 1.23 bits per heavy atom. The number of nitrogens with one attached hydrogen (secondary N) is 1. The van der Waals surface area contributed by atoms with Crippen molar-refractivity contribution in [2.24, 2.45) is 0 Å². The molecule has 0 saturated carbocycles. The molecule has 3 aromatic rings. The molecule has 8 heteroatoms. The summed E-state index contributed by atoms with van der Waals surface area (Å²) < 4.78 is 10.8. The minimum atomic E-state index is -0.519. The fourth-order valence-electron chi connectivity index (χ4n) is 3.26. The lowest BCUT2D eigenvalue weighted by Crippen LogP contribution is -2.35. The zero-order chi connectivity index (χ0) is 21.6. The van der Waals surface area contributed by atoms with Crippen LogP contribution in [-0.2, 0) is 15.3 Å². The van der Waals surface area contributed by atoms with Gasteiger partial charge in [0, 0.05) is 28.0 Å². The Kier molecular flexibility index (Phi) is 6.89. The van der Waals surface area contributed by atoms with Gasteiger partial charge in [0.1, 0.15) is 5.75 Å². The van der Waals surface area contributed by atoms with Crippen LogP contribution in [0.2, 0.25) is 0 Å². The van der Waals surface area contributed by atoms with Gasteiger partial charge in [0.25, 0.3) is 5.91 Å². The van der Waals surface area contributed by atoms with Crippen LogP contribution in [0.4, 0.5) is 0 Å². The zero-order valence-corrected chi connectivity index (χ0v) is 18.6.